The summed E-state index contributed by atoms with van der Waals surface area (Å²) in [5, 5.41) is 2.08. The quantitative estimate of drug-likeness (QED) is 0.348. The van der Waals surface area contributed by atoms with E-state index in [9.17, 15) is 4.39 Å². The smallest absolute Gasteiger partial charge is 0.171 e. The molecular weight excluding hydrogens is 465 g/mol. The molecule has 2 aromatic heterocycles. The average Bonchev–Trinajstić information content (AvgIpc) is 3.56. The Balaban J connectivity index is 1.11. The number of H-pyrrole nitrogens is 1. The standard InChI is InChI=1S/C31H34FN3O2/c1-19-6-9-24-27(33-19)12-13-30-31(24)37-23(18-36-30)17-35(22-4-2-3-5-22)16-20-7-10-28-25(14-20)26-15-21(32)8-11-29(26)34-28/h6,8-9,11-13,15,20,22-23,34H,2-5,7,10,14,16-18H2,1H3/t20-,23-/m0/s1. The van der Waals surface area contributed by atoms with Crippen molar-refractivity contribution in [2.75, 3.05) is 19.7 Å². The Morgan fingerprint density at radius 2 is 1.92 bits per heavy atom. The summed E-state index contributed by atoms with van der Waals surface area (Å²) < 4.78 is 26.9. The predicted octanol–water partition coefficient (Wildman–Crippen LogP) is 6.35. The van der Waals surface area contributed by atoms with Gasteiger partial charge in [0.2, 0.25) is 0 Å². The van der Waals surface area contributed by atoms with Crippen molar-refractivity contribution in [2.24, 2.45) is 5.92 Å². The Hall–Kier alpha value is -3.12. The fraction of sp³-hybridized carbons (Fsp3) is 0.452. The molecule has 5 nitrogen and oxygen atoms in total. The van der Waals surface area contributed by atoms with Gasteiger partial charge in [-0.3, -0.25) is 9.88 Å². The van der Waals surface area contributed by atoms with Crippen molar-refractivity contribution in [3.8, 4) is 11.5 Å². The lowest BCUT2D eigenvalue weighted by atomic mass is 9.85. The van der Waals surface area contributed by atoms with Gasteiger partial charge in [0.1, 0.15) is 18.5 Å². The highest BCUT2D eigenvalue weighted by atomic mass is 19.1. The van der Waals surface area contributed by atoms with Gasteiger partial charge in [-0.15, -0.1) is 0 Å². The highest BCUT2D eigenvalue weighted by molar-refractivity contribution is 5.88. The Morgan fingerprint density at radius 3 is 2.81 bits per heavy atom. The molecule has 6 heteroatoms. The lowest BCUT2D eigenvalue weighted by molar-refractivity contribution is 0.0397. The summed E-state index contributed by atoms with van der Waals surface area (Å²) in [5.41, 5.74) is 5.62. The van der Waals surface area contributed by atoms with E-state index in [0.717, 1.165) is 71.4 Å². The van der Waals surface area contributed by atoms with Crippen molar-refractivity contribution in [1.29, 1.82) is 0 Å². The molecule has 3 heterocycles. The van der Waals surface area contributed by atoms with Crippen LogP contribution in [0.3, 0.4) is 0 Å². The molecule has 7 rings (SSSR count). The molecular formula is C31H34FN3O2. The van der Waals surface area contributed by atoms with Gasteiger partial charge in [0.05, 0.1) is 5.52 Å². The Labute approximate surface area is 217 Å². The van der Waals surface area contributed by atoms with E-state index in [1.54, 1.807) is 12.1 Å². The van der Waals surface area contributed by atoms with Crippen LogP contribution in [0.4, 0.5) is 4.39 Å². The molecule has 1 N–H and O–H groups in total. The van der Waals surface area contributed by atoms with Crippen molar-refractivity contribution in [1.82, 2.24) is 14.9 Å². The molecule has 0 radical (unpaired) electrons. The number of hydrogen-bond acceptors (Lipinski definition) is 4. The maximum atomic E-state index is 14.0. The van der Waals surface area contributed by atoms with Gasteiger partial charge < -0.3 is 14.5 Å². The molecule has 2 atom stereocenters. The van der Waals surface area contributed by atoms with Gasteiger partial charge in [0, 0.05) is 46.8 Å². The summed E-state index contributed by atoms with van der Waals surface area (Å²) in [4.78, 5) is 10.9. The summed E-state index contributed by atoms with van der Waals surface area (Å²) >= 11 is 0. The number of pyridine rings is 1. The van der Waals surface area contributed by atoms with Crippen molar-refractivity contribution < 1.29 is 13.9 Å². The summed E-state index contributed by atoms with van der Waals surface area (Å²) in [5.74, 6) is 2.04. The number of aromatic nitrogens is 2. The molecule has 2 aromatic carbocycles. The van der Waals surface area contributed by atoms with Crippen LogP contribution in [0.2, 0.25) is 0 Å². The van der Waals surface area contributed by atoms with Crippen LogP contribution >= 0.6 is 0 Å². The zero-order valence-electron chi connectivity index (χ0n) is 21.4. The van der Waals surface area contributed by atoms with E-state index in [1.807, 2.05) is 31.2 Å². The van der Waals surface area contributed by atoms with Crippen molar-refractivity contribution in [3.63, 3.8) is 0 Å². The van der Waals surface area contributed by atoms with Crippen LogP contribution in [0.15, 0.2) is 42.5 Å². The minimum Gasteiger partial charge on any atom is -0.486 e. The third kappa shape index (κ3) is 4.35. The van der Waals surface area contributed by atoms with Gasteiger partial charge in [-0.25, -0.2) is 4.39 Å². The van der Waals surface area contributed by atoms with Gasteiger partial charge in [-0.2, -0.15) is 0 Å². The topological polar surface area (TPSA) is 50.4 Å². The van der Waals surface area contributed by atoms with Crippen molar-refractivity contribution in [3.05, 3.63) is 65.2 Å². The van der Waals surface area contributed by atoms with Gasteiger partial charge in [0.25, 0.3) is 0 Å². The summed E-state index contributed by atoms with van der Waals surface area (Å²) in [6.07, 6.45) is 8.30. The third-order valence-electron chi connectivity index (χ3n) is 8.66. The molecule has 192 valence electrons. The Morgan fingerprint density at radius 1 is 1.03 bits per heavy atom. The largest absolute Gasteiger partial charge is 0.486 e. The van der Waals surface area contributed by atoms with Gasteiger partial charge >= 0.3 is 0 Å². The first kappa shape index (κ1) is 23.0. The van der Waals surface area contributed by atoms with Gasteiger partial charge in [-0.1, -0.05) is 12.8 Å². The molecule has 4 aromatic rings. The monoisotopic (exact) mass is 499 g/mol. The minimum atomic E-state index is -0.156. The van der Waals surface area contributed by atoms with Crippen LogP contribution in [0.1, 0.15) is 49.1 Å². The lowest BCUT2D eigenvalue weighted by Gasteiger charge is -2.37. The second-order valence-electron chi connectivity index (χ2n) is 11.2. The van der Waals surface area contributed by atoms with E-state index in [2.05, 4.69) is 20.9 Å². The molecule has 0 saturated heterocycles. The van der Waals surface area contributed by atoms with Gasteiger partial charge in [0.15, 0.2) is 11.5 Å². The zero-order valence-corrected chi connectivity index (χ0v) is 21.4. The van der Waals surface area contributed by atoms with Crippen LogP contribution in [0.5, 0.6) is 11.5 Å². The van der Waals surface area contributed by atoms with E-state index in [1.165, 1.54) is 36.9 Å². The number of ether oxygens (including phenoxy) is 2. The third-order valence-corrected chi connectivity index (χ3v) is 8.66. The average molecular weight is 500 g/mol. The molecule has 1 aliphatic heterocycles. The highest BCUT2D eigenvalue weighted by Gasteiger charge is 2.32. The summed E-state index contributed by atoms with van der Waals surface area (Å²) in [7, 11) is 0. The van der Waals surface area contributed by atoms with Gasteiger partial charge in [-0.05, 0) is 93.0 Å². The maximum Gasteiger partial charge on any atom is 0.171 e. The molecule has 1 saturated carbocycles. The molecule has 0 spiro atoms. The number of hydrogen-bond donors (Lipinski definition) is 1. The summed E-state index contributed by atoms with van der Waals surface area (Å²) in [6.45, 7) is 4.50. The number of aryl methyl sites for hydroxylation is 2. The zero-order chi connectivity index (χ0) is 24.9. The number of aromatic amines is 1. The molecule has 0 bridgehead atoms. The molecule has 0 amide bonds. The van der Waals surface area contributed by atoms with Crippen LogP contribution in [-0.4, -0.2) is 46.7 Å². The maximum absolute atomic E-state index is 14.0. The number of halogens is 1. The normalized spacial score (nSPS) is 21.7. The Kier molecular flexibility index (Phi) is 5.80. The number of benzene rings is 2. The molecule has 3 aliphatic rings. The Bertz CT molecular complexity index is 1460. The molecule has 2 aliphatic carbocycles. The summed E-state index contributed by atoms with van der Waals surface area (Å²) in [6, 6.07) is 13.9. The number of nitrogens with zero attached hydrogens (tertiary/aromatic N) is 2. The first-order valence-corrected chi connectivity index (χ1v) is 13.8. The number of fused-ring (bicyclic) bond motifs is 6. The lowest BCUT2D eigenvalue weighted by Crippen LogP contribution is -2.47. The van der Waals surface area contributed by atoms with E-state index >= 15 is 0 Å². The van der Waals surface area contributed by atoms with Crippen LogP contribution < -0.4 is 9.47 Å². The second kappa shape index (κ2) is 9.32. The predicted molar refractivity (Wildman–Crippen MR) is 144 cm³/mol. The van der Waals surface area contributed by atoms with E-state index in [4.69, 9.17) is 9.47 Å². The number of nitrogens with one attached hydrogen (secondary N) is 1. The van der Waals surface area contributed by atoms with Crippen LogP contribution in [0.25, 0.3) is 21.8 Å². The van der Waals surface area contributed by atoms with Crippen LogP contribution in [-0.2, 0) is 12.8 Å². The molecule has 37 heavy (non-hydrogen) atoms. The SMILES string of the molecule is Cc1ccc2c3c(ccc2n1)OC[C@H](CN(C[C@H]1CCc2[nH]c4ccc(F)cc4c2C1)C1CCCC1)O3. The van der Waals surface area contributed by atoms with Crippen molar-refractivity contribution in [2.45, 2.75) is 64.0 Å². The highest BCUT2D eigenvalue weighted by Crippen LogP contribution is 2.39. The second-order valence-corrected chi connectivity index (χ2v) is 11.2. The first-order valence-electron chi connectivity index (χ1n) is 13.8. The minimum absolute atomic E-state index is 0.0126. The fourth-order valence-corrected chi connectivity index (χ4v) is 6.82. The molecule has 1 fully saturated rings. The van der Waals surface area contributed by atoms with Crippen molar-refractivity contribution >= 4 is 21.8 Å². The first-order chi connectivity index (χ1) is 18.1. The van der Waals surface area contributed by atoms with Crippen LogP contribution in [0, 0.1) is 18.7 Å². The van der Waals surface area contributed by atoms with E-state index in [0.29, 0.717) is 18.6 Å². The molecule has 0 unspecified atom stereocenters. The van der Waals surface area contributed by atoms with E-state index < -0.39 is 0 Å². The number of rotatable bonds is 5. The van der Waals surface area contributed by atoms with E-state index in [-0.39, 0.29) is 11.9 Å². The fourth-order valence-electron chi connectivity index (χ4n) is 6.82.